The average molecular weight is 550 g/mol. The number of nitrogens with one attached hydrogen (secondary N) is 3. The molecule has 0 aliphatic carbocycles. The molecule has 8 nitrogen and oxygen atoms in total. The summed E-state index contributed by atoms with van der Waals surface area (Å²) in [5.74, 6) is 0.727. The molecule has 0 fully saturated rings. The Morgan fingerprint density at radius 3 is 2.33 bits per heavy atom. The van der Waals surface area contributed by atoms with Crippen LogP contribution in [0.1, 0.15) is 66.5 Å². The molecule has 2 heterocycles. The molecule has 4 aromatic rings. The first kappa shape index (κ1) is 30.6. The van der Waals surface area contributed by atoms with Crippen LogP contribution in [0.15, 0.2) is 60.9 Å². The number of halogens is 1. The van der Waals surface area contributed by atoms with Crippen molar-refractivity contribution < 1.29 is 19.1 Å². The lowest BCUT2D eigenvalue weighted by molar-refractivity contribution is -0.140. The van der Waals surface area contributed by atoms with Gasteiger partial charge in [0.15, 0.2) is 0 Å². The highest BCUT2D eigenvalue weighted by Crippen LogP contribution is 2.35. The molecule has 2 aromatic carbocycles. The summed E-state index contributed by atoms with van der Waals surface area (Å²) in [6.45, 7) is 14.1. The van der Waals surface area contributed by atoms with E-state index in [0.717, 1.165) is 28.0 Å². The van der Waals surface area contributed by atoms with E-state index < -0.39 is 11.3 Å². The van der Waals surface area contributed by atoms with Gasteiger partial charge in [-0.3, -0.25) is 10.0 Å². The third-order valence-corrected chi connectivity index (χ3v) is 6.58. The van der Waals surface area contributed by atoms with Gasteiger partial charge >= 0.3 is 0 Å². The fourth-order valence-corrected chi connectivity index (χ4v) is 4.74. The van der Waals surface area contributed by atoms with Gasteiger partial charge in [-0.15, -0.1) is 0 Å². The molecule has 0 aliphatic heterocycles. The number of carbonyl (C=O) groups is 1. The second-order valence-electron chi connectivity index (χ2n) is 11.1. The van der Waals surface area contributed by atoms with Crippen molar-refractivity contribution in [3.05, 3.63) is 72.3 Å². The number of rotatable bonds is 10. The summed E-state index contributed by atoms with van der Waals surface area (Å²) in [5.41, 5.74) is 4.24. The lowest BCUT2D eigenvalue weighted by atomic mass is 9.75. The minimum atomic E-state index is -0.728. The van der Waals surface area contributed by atoms with Crippen LogP contribution in [-0.4, -0.2) is 32.7 Å². The highest BCUT2D eigenvalue weighted by molar-refractivity contribution is 5.91. The van der Waals surface area contributed by atoms with Gasteiger partial charge in [-0.1, -0.05) is 53.7 Å². The van der Waals surface area contributed by atoms with Crippen molar-refractivity contribution in [2.75, 3.05) is 11.9 Å². The fraction of sp³-hybridized carbons (Fsp3) is 0.387. The number of hydrogen-bond donors (Lipinski definition) is 4. The summed E-state index contributed by atoms with van der Waals surface area (Å²) in [5, 5.41) is 13.2. The number of ether oxygens (including phenoxy) is 1. The Morgan fingerprint density at radius 1 is 1.05 bits per heavy atom. The number of hydroxylamine groups is 1. The Hall–Kier alpha value is -3.98. The minimum absolute atomic E-state index is 0.0728. The van der Waals surface area contributed by atoms with E-state index >= 15 is 0 Å². The van der Waals surface area contributed by atoms with Gasteiger partial charge in [0, 0.05) is 17.2 Å². The van der Waals surface area contributed by atoms with E-state index in [1.807, 2.05) is 65.0 Å². The van der Waals surface area contributed by atoms with Crippen LogP contribution >= 0.6 is 0 Å². The van der Waals surface area contributed by atoms with Crippen molar-refractivity contribution >= 4 is 22.8 Å². The predicted molar refractivity (Wildman–Crippen MR) is 157 cm³/mol. The van der Waals surface area contributed by atoms with Crippen LogP contribution < -0.4 is 15.5 Å². The fourth-order valence-electron chi connectivity index (χ4n) is 4.74. The van der Waals surface area contributed by atoms with Crippen LogP contribution in [0.3, 0.4) is 0 Å². The Morgan fingerprint density at radius 2 is 1.70 bits per heavy atom. The predicted octanol–water partition coefficient (Wildman–Crippen LogP) is 7.29. The van der Waals surface area contributed by atoms with Gasteiger partial charge in [0.05, 0.1) is 12.0 Å². The summed E-state index contributed by atoms with van der Waals surface area (Å²) >= 11 is 0. The average Bonchev–Trinajstić information content (AvgIpc) is 3.38. The molecule has 9 heteroatoms. The van der Waals surface area contributed by atoms with Crippen LogP contribution in [0, 0.1) is 16.6 Å². The molecule has 4 rings (SSSR count). The van der Waals surface area contributed by atoms with E-state index in [9.17, 15) is 9.18 Å². The molecule has 0 bridgehead atoms. The third kappa shape index (κ3) is 7.57. The van der Waals surface area contributed by atoms with Crippen molar-refractivity contribution in [2.24, 2.45) is 10.8 Å². The maximum atomic E-state index is 13.3. The maximum Gasteiger partial charge on any atom is 0.249 e. The van der Waals surface area contributed by atoms with E-state index in [2.05, 4.69) is 20.3 Å². The number of aromatic nitrogens is 3. The number of carbonyl (C=O) groups excluding carboxylic acids is 1. The zero-order valence-electron chi connectivity index (χ0n) is 24.3. The highest BCUT2D eigenvalue weighted by Gasteiger charge is 2.35. The van der Waals surface area contributed by atoms with Gasteiger partial charge in [0.25, 0.3) is 0 Å². The van der Waals surface area contributed by atoms with E-state index in [-0.39, 0.29) is 17.3 Å². The smallest absolute Gasteiger partial charge is 0.249 e. The Labute approximate surface area is 235 Å². The van der Waals surface area contributed by atoms with Crippen molar-refractivity contribution in [3.63, 3.8) is 0 Å². The van der Waals surface area contributed by atoms with Crippen LogP contribution in [0.4, 0.5) is 10.2 Å². The number of aromatic amines is 1. The van der Waals surface area contributed by atoms with E-state index in [4.69, 9.17) is 9.94 Å². The van der Waals surface area contributed by atoms with Crippen LogP contribution in [0.25, 0.3) is 22.3 Å². The van der Waals surface area contributed by atoms with Gasteiger partial charge in [-0.05, 0) is 72.4 Å². The number of anilines is 1. The maximum absolute atomic E-state index is 13.3. The van der Waals surface area contributed by atoms with Gasteiger partial charge in [-0.2, -0.15) is 0 Å². The van der Waals surface area contributed by atoms with Gasteiger partial charge < -0.3 is 15.0 Å². The van der Waals surface area contributed by atoms with Gasteiger partial charge in [0.2, 0.25) is 5.91 Å². The molecule has 0 spiro atoms. The lowest BCUT2D eigenvalue weighted by Crippen LogP contribution is -2.39. The van der Waals surface area contributed by atoms with Crippen molar-refractivity contribution in [1.29, 1.82) is 0 Å². The summed E-state index contributed by atoms with van der Waals surface area (Å²) < 4.78 is 19.3. The normalized spacial score (nSPS) is 12.3. The summed E-state index contributed by atoms with van der Waals surface area (Å²) in [6.07, 6.45) is 2.04. The molecular formula is C31H40FN5O3. The Balaban J connectivity index is 0.00000216. The number of hydrogen-bond acceptors (Lipinski definition) is 6. The highest BCUT2D eigenvalue weighted by atomic mass is 19.1. The molecule has 2 aromatic heterocycles. The minimum Gasteiger partial charge on any atom is -0.493 e. The summed E-state index contributed by atoms with van der Waals surface area (Å²) in [6, 6.07) is 16.1. The molecule has 1 amide bonds. The number of H-pyrrole nitrogens is 1. The molecule has 0 radical (unpaired) electrons. The van der Waals surface area contributed by atoms with E-state index in [1.54, 1.807) is 31.5 Å². The largest absolute Gasteiger partial charge is 0.493 e. The first-order valence-corrected chi connectivity index (χ1v) is 13.5. The molecule has 0 saturated heterocycles. The van der Waals surface area contributed by atoms with Gasteiger partial charge in [-0.25, -0.2) is 19.8 Å². The molecule has 0 aliphatic rings. The molecule has 40 heavy (non-hydrogen) atoms. The van der Waals surface area contributed by atoms with Gasteiger partial charge in [0.1, 0.15) is 29.4 Å². The van der Waals surface area contributed by atoms with Crippen molar-refractivity contribution in [3.8, 4) is 17.0 Å². The molecule has 1 atom stereocenters. The Bertz CT molecular complexity index is 1400. The SMILES string of the molecule is CC.C[C@@H](Nc1ncnc2[nH]c(-c3ccc(OCC(C)(C)CC(C)(C)C(=O)NO)cc3)cc12)c1ccc(F)cc1. The quantitative estimate of drug-likeness (QED) is 0.122. The van der Waals surface area contributed by atoms with Crippen molar-refractivity contribution in [1.82, 2.24) is 20.4 Å². The van der Waals surface area contributed by atoms with E-state index in [0.29, 0.717) is 24.5 Å². The topological polar surface area (TPSA) is 112 Å². The number of fused-ring (bicyclic) bond motifs is 1. The second kappa shape index (κ2) is 12.9. The lowest BCUT2D eigenvalue weighted by Gasteiger charge is -2.33. The van der Waals surface area contributed by atoms with E-state index in [1.165, 1.54) is 18.5 Å². The third-order valence-electron chi connectivity index (χ3n) is 6.58. The van der Waals surface area contributed by atoms with Crippen molar-refractivity contribution in [2.45, 2.75) is 60.9 Å². The molecule has 214 valence electrons. The monoisotopic (exact) mass is 549 g/mol. The number of benzene rings is 2. The first-order valence-electron chi connectivity index (χ1n) is 13.5. The standard InChI is InChI=1S/C29H34FN5O3.C2H6/c1-18(19-6-10-21(30)11-7-19)33-25-23-14-24(34-26(23)32-17-31-25)20-8-12-22(13-9-20)38-16-28(2,3)15-29(4,5)27(36)35-37;1-2/h6-14,17-18,37H,15-16H2,1-5H3,(H,35,36)(H2,31,32,33,34);1-2H3/t18-;/m1./s1. The number of amides is 1. The van der Waals surface area contributed by atoms with Crippen LogP contribution in [0.5, 0.6) is 5.75 Å². The van der Waals surface area contributed by atoms with Crippen LogP contribution in [-0.2, 0) is 4.79 Å². The zero-order valence-corrected chi connectivity index (χ0v) is 24.3. The summed E-state index contributed by atoms with van der Waals surface area (Å²) in [4.78, 5) is 24.1. The molecule has 4 N–H and O–H groups in total. The zero-order chi connectivity index (χ0) is 29.5. The second-order valence-corrected chi connectivity index (χ2v) is 11.1. The summed E-state index contributed by atoms with van der Waals surface area (Å²) in [7, 11) is 0. The van der Waals surface area contributed by atoms with Crippen LogP contribution in [0.2, 0.25) is 0 Å². The molecular weight excluding hydrogens is 509 g/mol. The molecule has 0 saturated carbocycles. The molecule has 0 unspecified atom stereocenters. The first-order chi connectivity index (χ1) is 19.0. The Kier molecular flexibility index (Phi) is 9.87. The number of nitrogens with zero attached hydrogens (tertiary/aromatic N) is 2.